The summed E-state index contributed by atoms with van der Waals surface area (Å²) in [5.41, 5.74) is 4.05. The van der Waals surface area contributed by atoms with Gasteiger partial charge in [0.2, 0.25) is 0 Å². The first-order chi connectivity index (χ1) is 16.6. The molecule has 9 nitrogen and oxygen atoms in total. The third-order valence-corrected chi connectivity index (χ3v) is 5.45. The van der Waals surface area contributed by atoms with Crippen LogP contribution in [0.2, 0.25) is 0 Å². The predicted molar refractivity (Wildman–Crippen MR) is 126 cm³/mol. The van der Waals surface area contributed by atoms with Crippen molar-refractivity contribution in [1.82, 2.24) is 25.1 Å². The number of aromatic nitrogens is 4. The number of benzene rings is 2. The van der Waals surface area contributed by atoms with E-state index >= 15 is 0 Å². The number of para-hydroxylation sites is 2. The minimum absolute atomic E-state index is 0.151. The number of hydrogen-bond donors (Lipinski definition) is 2. The molecule has 2 N–H and O–H groups in total. The Morgan fingerprint density at radius 1 is 1.12 bits per heavy atom. The largest absolute Gasteiger partial charge is 0.483 e. The Hall–Kier alpha value is -4.53. The first-order valence-electron chi connectivity index (χ1n) is 10.9. The quantitative estimate of drug-likeness (QED) is 0.463. The number of nitrogens with zero attached hydrogens (tertiary/aromatic N) is 4. The number of nitrogens with one attached hydrogen (secondary N) is 2. The molecular weight excluding hydrogens is 432 g/mol. The van der Waals surface area contributed by atoms with Crippen molar-refractivity contribution in [2.75, 3.05) is 18.5 Å². The molecule has 34 heavy (non-hydrogen) atoms. The molecule has 0 radical (unpaired) electrons. The van der Waals surface area contributed by atoms with Crippen molar-refractivity contribution in [3.05, 3.63) is 78.1 Å². The maximum absolute atomic E-state index is 12.4. The summed E-state index contributed by atoms with van der Waals surface area (Å²) in [6.07, 6.45) is 1.64. The van der Waals surface area contributed by atoms with E-state index in [1.807, 2.05) is 49.4 Å². The Kier molecular flexibility index (Phi) is 5.73. The average Bonchev–Trinajstić information content (AvgIpc) is 3.30. The normalized spacial score (nSPS) is 12.6. The molecule has 3 heterocycles. The highest BCUT2D eigenvalue weighted by Crippen LogP contribution is 2.29. The molecule has 2 aromatic heterocycles. The summed E-state index contributed by atoms with van der Waals surface area (Å²) in [6, 6.07) is 18.3. The van der Waals surface area contributed by atoms with Gasteiger partial charge in [0.25, 0.3) is 11.8 Å². The van der Waals surface area contributed by atoms with Gasteiger partial charge < -0.3 is 15.4 Å². The number of carbonyl (C=O) groups is 2. The fourth-order valence-corrected chi connectivity index (χ4v) is 3.71. The van der Waals surface area contributed by atoms with E-state index < -0.39 is 0 Å². The summed E-state index contributed by atoms with van der Waals surface area (Å²) in [5.74, 6) is 0.508. The SMILES string of the molecule is Cc1ccccc1NC(=O)COc1ccccc1-c1nccc(-c2cc3n(n2)CCNC3=O)n1. The van der Waals surface area contributed by atoms with Crippen molar-refractivity contribution in [2.24, 2.45) is 0 Å². The van der Waals surface area contributed by atoms with Crippen LogP contribution in [0.5, 0.6) is 5.75 Å². The van der Waals surface area contributed by atoms with E-state index in [2.05, 4.69) is 25.7 Å². The molecular formula is C25H22N6O3. The highest BCUT2D eigenvalue weighted by atomic mass is 16.5. The molecule has 4 aromatic rings. The number of carbonyl (C=O) groups excluding carboxylic acids is 2. The van der Waals surface area contributed by atoms with Crippen molar-refractivity contribution in [3.8, 4) is 28.5 Å². The highest BCUT2D eigenvalue weighted by molar-refractivity contribution is 5.94. The molecule has 0 saturated heterocycles. The van der Waals surface area contributed by atoms with Gasteiger partial charge in [0.1, 0.15) is 17.1 Å². The third-order valence-electron chi connectivity index (χ3n) is 5.45. The molecule has 2 aromatic carbocycles. The molecule has 2 amide bonds. The molecule has 0 saturated carbocycles. The smallest absolute Gasteiger partial charge is 0.269 e. The number of aryl methyl sites for hydroxylation is 1. The van der Waals surface area contributed by atoms with Crippen LogP contribution in [0.4, 0.5) is 5.69 Å². The van der Waals surface area contributed by atoms with Crippen LogP contribution in [0.15, 0.2) is 66.9 Å². The van der Waals surface area contributed by atoms with Gasteiger partial charge in [0.15, 0.2) is 12.4 Å². The second-order valence-corrected chi connectivity index (χ2v) is 7.81. The van der Waals surface area contributed by atoms with Gasteiger partial charge >= 0.3 is 0 Å². The lowest BCUT2D eigenvalue weighted by molar-refractivity contribution is -0.118. The molecule has 0 spiro atoms. The van der Waals surface area contributed by atoms with E-state index in [1.165, 1.54) is 0 Å². The van der Waals surface area contributed by atoms with Crippen LogP contribution in [0, 0.1) is 6.92 Å². The molecule has 1 aliphatic heterocycles. The van der Waals surface area contributed by atoms with E-state index in [9.17, 15) is 9.59 Å². The van der Waals surface area contributed by atoms with E-state index in [-0.39, 0.29) is 18.4 Å². The van der Waals surface area contributed by atoms with Crippen LogP contribution in [0.25, 0.3) is 22.8 Å². The van der Waals surface area contributed by atoms with Crippen molar-refractivity contribution < 1.29 is 14.3 Å². The zero-order valence-corrected chi connectivity index (χ0v) is 18.5. The Morgan fingerprint density at radius 3 is 2.79 bits per heavy atom. The summed E-state index contributed by atoms with van der Waals surface area (Å²) in [4.78, 5) is 33.6. The first-order valence-corrected chi connectivity index (χ1v) is 10.9. The van der Waals surface area contributed by atoms with Gasteiger partial charge in [-0.2, -0.15) is 5.10 Å². The minimum Gasteiger partial charge on any atom is -0.483 e. The van der Waals surface area contributed by atoms with Crippen LogP contribution in [0.3, 0.4) is 0 Å². The van der Waals surface area contributed by atoms with Gasteiger partial charge in [-0.25, -0.2) is 9.97 Å². The van der Waals surface area contributed by atoms with Crippen molar-refractivity contribution in [2.45, 2.75) is 13.5 Å². The van der Waals surface area contributed by atoms with Gasteiger partial charge in [-0.15, -0.1) is 0 Å². The van der Waals surface area contributed by atoms with Gasteiger partial charge in [-0.1, -0.05) is 30.3 Å². The zero-order valence-electron chi connectivity index (χ0n) is 18.5. The van der Waals surface area contributed by atoms with Crippen molar-refractivity contribution in [1.29, 1.82) is 0 Å². The lowest BCUT2D eigenvalue weighted by atomic mass is 10.1. The second-order valence-electron chi connectivity index (χ2n) is 7.81. The van der Waals surface area contributed by atoms with E-state index in [0.717, 1.165) is 11.3 Å². The lowest BCUT2D eigenvalue weighted by Crippen LogP contribution is -2.35. The van der Waals surface area contributed by atoms with Crippen molar-refractivity contribution in [3.63, 3.8) is 0 Å². The maximum Gasteiger partial charge on any atom is 0.269 e. The Labute approximate surface area is 195 Å². The molecule has 0 atom stereocenters. The van der Waals surface area contributed by atoms with E-state index in [4.69, 9.17) is 4.74 Å². The number of anilines is 1. The minimum atomic E-state index is -0.263. The summed E-state index contributed by atoms with van der Waals surface area (Å²) in [6.45, 7) is 2.93. The highest BCUT2D eigenvalue weighted by Gasteiger charge is 2.21. The molecule has 170 valence electrons. The summed E-state index contributed by atoms with van der Waals surface area (Å²) in [7, 11) is 0. The second kappa shape index (κ2) is 9.14. The van der Waals surface area contributed by atoms with Gasteiger partial charge in [-0.05, 0) is 42.8 Å². The molecule has 0 bridgehead atoms. The fraction of sp³-hybridized carbons (Fsp3) is 0.160. The van der Waals surface area contributed by atoms with Crippen LogP contribution >= 0.6 is 0 Å². The molecule has 0 unspecified atom stereocenters. The summed E-state index contributed by atoms with van der Waals surface area (Å²) in [5, 5.41) is 10.2. The number of rotatable bonds is 6. The summed E-state index contributed by atoms with van der Waals surface area (Å²) < 4.78 is 7.51. The maximum atomic E-state index is 12.4. The van der Waals surface area contributed by atoms with Crippen LogP contribution in [-0.2, 0) is 11.3 Å². The lowest BCUT2D eigenvalue weighted by Gasteiger charge is -2.13. The molecule has 0 fully saturated rings. The zero-order chi connectivity index (χ0) is 23.5. The number of ether oxygens (including phenoxy) is 1. The molecule has 5 rings (SSSR count). The number of hydrogen-bond acceptors (Lipinski definition) is 6. The molecule has 0 aliphatic carbocycles. The number of amides is 2. The van der Waals surface area contributed by atoms with Crippen LogP contribution < -0.4 is 15.4 Å². The van der Waals surface area contributed by atoms with Crippen molar-refractivity contribution >= 4 is 17.5 Å². The van der Waals surface area contributed by atoms with Crippen LogP contribution in [-0.4, -0.2) is 44.7 Å². The van der Waals surface area contributed by atoms with E-state index in [1.54, 1.807) is 29.1 Å². The van der Waals surface area contributed by atoms with E-state index in [0.29, 0.717) is 47.3 Å². The number of fused-ring (bicyclic) bond motifs is 1. The predicted octanol–water partition coefficient (Wildman–Crippen LogP) is 3.08. The monoisotopic (exact) mass is 454 g/mol. The average molecular weight is 454 g/mol. The Balaban J connectivity index is 1.36. The van der Waals surface area contributed by atoms with Gasteiger partial charge in [0, 0.05) is 18.4 Å². The Bertz CT molecular complexity index is 1380. The molecule has 1 aliphatic rings. The third kappa shape index (κ3) is 4.36. The van der Waals surface area contributed by atoms with Gasteiger partial charge in [0.05, 0.1) is 17.8 Å². The fourth-order valence-electron chi connectivity index (χ4n) is 3.71. The first kappa shape index (κ1) is 21.3. The van der Waals surface area contributed by atoms with Crippen LogP contribution in [0.1, 0.15) is 16.1 Å². The van der Waals surface area contributed by atoms with Gasteiger partial charge in [-0.3, -0.25) is 14.3 Å². The summed E-state index contributed by atoms with van der Waals surface area (Å²) >= 11 is 0. The molecule has 9 heteroatoms. The topological polar surface area (TPSA) is 111 Å². The Morgan fingerprint density at radius 2 is 1.94 bits per heavy atom. The standard InChI is InChI=1S/C25H22N6O3/c1-16-6-2-4-8-18(16)28-23(32)15-34-22-9-5-3-7-17(22)24-26-11-10-19(29-24)20-14-21-25(33)27-12-13-31(21)30-20/h2-11,14H,12-13,15H2,1H3,(H,27,33)(H,28,32).